The molecule has 2 nitrogen and oxygen atoms in total. The van der Waals surface area contributed by atoms with Crippen molar-refractivity contribution < 1.29 is 13.9 Å². The lowest BCUT2D eigenvalue weighted by molar-refractivity contribution is 0.0979. The minimum atomic E-state index is -0.523. The monoisotopic (exact) mass is 264 g/mol. The number of hydrogen-bond acceptors (Lipinski definition) is 3. The summed E-state index contributed by atoms with van der Waals surface area (Å²) in [6.45, 7) is 0. The van der Waals surface area contributed by atoms with Crippen molar-refractivity contribution >= 4 is 17.1 Å². The zero-order chi connectivity index (χ0) is 13.0. The molecule has 0 aliphatic carbocycles. The van der Waals surface area contributed by atoms with Crippen molar-refractivity contribution in [2.75, 3.05) is 7.11 Å². The fourth-order valence-corrected chi connectivity index (χ4v) is 2.38. The number of ketones is 1. The number of Topliss-reactive ketones (excluding diaryl/α,β-unsaturated/α-hetero) is 1. The maximum atomic E-state index is 13.7. The summed E-state index contributed by atoms with van der Waals surface area (Å²) in [4.78, 5) is 13.0. The van der Waals surface area contributed by atoms with E-state index in [1.54, 1.807) is 17.4 Å². The second-order valence-electron chi connectivity index (χ2n) is 3.85. The van der Waals surface area contributed by atoms with Crippen LogP contribution < -0.4 is 4.74 Å². The second kappa shape index (κ2) is 5.78. The number of rotatable bonds is 5. The number of halogens is 1. The SMILES string of the molecule is COc1ccc(C(=O)CCc2cccs2)c(F)c1. The molecule has 0 amide bonds. The van der Waals surface area contributed by atoms with Crippen LogP contribution in [0, 0.1) is 5.82 Å². The third kappa shape index (κ3) is 2.96. The van der Waals surface area contributed by atoms with Crippen molar-refractivity contribution in [2.24, 2.45) is 0 Å². The summed E-state index contributed by atoms with van der Waals surface area (Å²) in [5.74, 6) is -0.281. The molecule has 0 unspecified atom stereocenters. The average Bonchev–Trinajstić information content (AvgIpc) is 2.88. The summed E-state index contributed by atoms with van der Waals surface area (Å²) in [6.07, 6.45) is 0.978. The molecule has 1 aromatic carbocycles. The van der Waals surface area contributed by atoms with Crippen LogP contribution in [0.15, 0.2) is 35.7 Å². The predicted molar refractivity (Wildman–Crippen MR) is 69.9 cm³/mol. The number of hydrogen-bond donors (Lipinski definition) is 0. The molecule has 0 radical (unpaired) electrons. The third-order valence-corrected chi connectivity index (χ3v) is 3.59. The molecule has 0 N–H and O–H groups in total. The van der Waals surface area contributed by atoms with Gasteiger partial charge in [0.15, 0.2) is 5.78 Å². The summed E-state index contributed by atoms with van der Waals surface area (Å²) in [6, 6.07) is 8.23. The van der Waals surface area contributed by atoms with E-state index in [1.165, 1.54) is 19.2 Å². The van der Waals surface area contributed by atoms with Crippen LogP contribution in [0.4, 0.5) is 4.39 Å². The van der Waals surface area contributed by atoms with Crippen LogP contribution in [0.25, 0.3) is 0 Å². The van der Waals surface area contributed by atoms with Gasteiger partial charge in [-0.25, -0.2) is 4.39 Å². The Hall–Kier alpha value is -1.68. The van der Waals surface area contributed by atoms with Crippen LogP contribution in [0.2, 0.25) is 0 Å². The van der Waals surface area contributed by atoms with Crippen LogP contribution in [-0.4, -0.2) is 12.9 Å². The zero-order valence-electron chi connectivity index (χ0n) is 9.98. The van der Waals surface area contributed by atoms with E-state index in [2.05, 4.69) is 0 Å². The van der Waals surface area contributed by atoms with Gasteiger partial charge in [0.05, 0.1) is 12.7 Å². The minimum Gasteiger partial charge on any atom is -0.497 e. The fourth-order valence-electron chi connectivity index (χ4n) is 1.68. The molecule has 2 aromatic rings. The summed E-state index contributed by atoms with van der Waals surface area (Å²) < 4.78 is 18.6. The van der Waals surface area contributed by atoms with Gasteiger partial charge in [-0.3, -0.25) is 4.79 Å². The van der Waals surface area contributed by atoms with Gasteiger partial charge in [0, 0.05) is 17.4 Å². The molecule has 0 spiro atoms. The Labute approximate surface area is 109 Å². The largest absolute Gasteiger partial charge is 0.497 e. The van der Waals surface area contributed by atoms with Gasteiger partial charge in [-0.15, -0.1) is 11.3 Å². The number of methoxy groups -OCH3 is 1. The quantitative estimate of drug-likeness (QED) is 0.769. The molecule has 0 bridgehead atoms. The second-order valence-corrected chi connectivity index (χ2v) is 4.88. The Kier molecular flexibility index (Phi) is 4.10. The van der Waals surface area contributed by atoms with Gasteiger partial charge in [0.25, 0.3) is 0 Å². The molecule has 1 heterocycles. The van der Waals surface area contributed by atoms with Crippen LogP contribution in [0.5, 0.6) is 5.75 Å². The molecule has 1 aromatic heterocycles. The number of benzene rings is 1. The molecule has 94 valence electrons. The normalized spacial score (nSPS) is 10.3. The number of aryl methyl sites for hydroxylation is 1. The van der Waals surface area contributed by atoms with Gasteiger partial charge in [-0.1, -0.05) is 6.07 Å². The van der Waals surface area contributed by atoms with E-state index in [9.17, 15) is 9.18 Å². The van der Waals surface area contributed by atoms with Crippen LogP contribution in [-0.2, 0) is 6.42 Å². The van der Waals surface area contributed by atoms with Crippen molar-refractivity contribution in [2.45, 2.75) is 12.8 Å². The summed E-state index contributed by atoms with van der Waals surface area (Å²) in [5, 5.41) is 1.97. The summed E-state index contributed by atoms with van der Waals surface area (Å²) in [5.41, 5.74) is 0.132. The predicted octanol–water partition coefficient (Wildman–Crippen LogP) is 3.71. The van der Waals surface area contributed by atoms with E-state index in [0.717, 1.165) is 4.88 Å². The first kappa shape index (κ1) is 12.8. The molecule has 0 aliphatic rings. The van der Waals surface area contributed by atoms with Gasteiger partial charge < -0.3 is 4.74 Å². The highest BCUT2D eigenvalue weighted by Crippen LogP contribution is 2.19. The average molecular weight is 264 g/mol. The molecular weight excluding hydrogens is 251 g/mol. The van der Waals surface area contributed by atoms with E-state index in [4.69, 9.17) is 4.74 Å². The van der Waals surface area contributed by atoms with Crippen LogP contribution in [0.1, 0.15) is 21.7 Å². The lowest BCUT2D eigenvalue weighted by Crippen LogP contribution is -2.03. The highest BCUT2D eigenvalue weighted by molar-refractivity contribution is 7.09. The fraction of sp³-hybridized carbons (Fsp3) is 0.214. The first-order valence-electron chi connectivity index (χ1n) is 5.60. The van der Waals surface area contributed by atoms with Gasteiger partial charge >= 0.3 is 0 Å². The first-order chi connectivity index (χ1) is 8.70. The highest BCUT2D eigenvalue weighted by atomic mass is 32.1. The van der Waals surface area contributed by atoms with Crippen molar-refractivity contribution in [3.63, 3.8) is 0 Å². The Morgan fingerprint density at radius 3 is 2.83 bits per heavy atom. The van der Waals surface area contributed by atoms with Crippen LogP contribution >= 0.6 is 11.3 Å². The lowest BCUT2D eigenvalue weighted by atomic mass is 10.1. The van der Waals surface area contributed by atoms with Crippen molar-refractivity contribution in [3.05, 3.63) is 52.0 Å². The van der Waals surface area contributed by atoms with Crippen molar-refractivity contribution in [3.8, 4) is 5.75 Å². The van der Waals surface area contributed by atoms with Gasteiger partial charge in [0.2, 0.25) is 0 Å². The Morgan fingerprint density at radius 2 is 2.22 bits per heavy atom. The Balaban J connectivity index is 2.04. The van der Waals surface area contributed by atoms with Gasteiger partial charge in [-0.05, 0) is 30.0 Å². The third-order valence-electron chi connectivity index (χ3n) is 2.66. The molecule has 0 atom stereocenters. The molecule has 0 aliphatic heterocycles. The molecule has 0 saturated heterocycles. The Morgan fingerprint density at radius 1 is 1.39 bits per heavy atom. The van der Waals surface area contributed by atoms with E-state index < -0.39 is 5.82 Å². The zero-order valence-corrected chi connectivity index (χ0v) is 10.8. The lowest BCUT2D eigenvalue weighted by Gasteiger charge is -2.04. The van der Waals surface area contributed by atoms with Crippen LogP contribution in [0.3, 0.4) is 0 Å². The Bertz CT molecular complexity index is 535. The maximum Gasteiger partial charge on any atom is 0.166 e. The molecule has 18 heavy (non-hydrogen) atoms. The maximum absolute atomic E-state index is 13.7. The standard InChI is InChI=1S/C14H13FO2S/c1-17-10-4-6-12(13(15)9-10)14(16)7-5-11-3-2-8-18-11/h2-4,6,8-9H,5,7H2,1H3. The van der Waals surface area contributed by atoms with Crippen molar-refractivity contribution in [1.82, 2.24) is 0 Å². The first-order valence-corrected chi connectivity index (χ1v) is 6.48. The molecular formula is C14H13FO2S. The minimum absolute atomic E-state index is 0.132. The highest BCUT2D eigenvalue weighted by Gasteiger charge is 2.12. The number of thiophene rings is 1. The smallest absolute Gasteiger partial charge is 0.166 e. The molecule has 2 rings (SSSR count). The van der Waals surface area contributed by atoms with E-state index in [0.29, 0.717) is 18.6 Å². The van der Waals surface area contributed by atoms with E-state index >= 15 is 0 Å². The number of ether oxygens (including phenoxy) is 1. The van der Waals surface area contributed by atoms with Gasteiger partial charge in [0.1, 0.15) is 11.6 Å². The summed E-state index contributed by atoms with van der Waals surface area (Å²) >= 11 is 1.60. The topological polar surface area (TPSA) is 26.3 Å². The summed E-state index contributed by atoms with van der Waals surface area (Å²) in [7, 11) is 1.47. The van der Waals surface area contributed by atoms with Gasteiger partial charge in [-0.2, -0.15) is 0 Å². The van der Waals surface area contributed by atoms with E-state index in [1.807, 2.05) is 17.5 Å². The molecule has 0 fully saturated rings. The number of carbonyl (C=O) groups is 1. The number of carbonyl (C=O) groups excluding carboxylic acids is 1. The molecule has 4 heteroatoms. The van der Waals surface area contributed by atoms with Crippen molar-refractivity contribution in [1.29, 1.82) is 0 Å². The van der Waals surface area contributed by atoms with E-state index in [-0.39, 0.29) is 11.3 Å². The molecule has 0 saturated carbocycles.